The van der Waals surface area contributed by atoms with Gasteiger partial charge in [-0.2, -0.15) is 0 Å². The van der Waals surface area contributed by atoms with Crippen LogP contribution in [0.15, 0.2) is 168 Å². The van der Waals surface area contributed by atoms with Gasteiger partial charge in [-0.3, -0.25) is 0 Å². The summed E-state index contributed by atoms with van der Waals surface area (Å²) < 4.78 is 0. The summed E-state index contributed by atoms with van der Waals surface area (Å²) >= 11 is 1.90. The van der Waals surface area contributed by atoms with Gasteiger partial charge in [0.25, 0.3) is 0 Å². The van der Waals surface area contributed by atoms with E-state index >= 15 is 0 Å². The monoisotopic (exact) mass is 562 g/mol. The molecule has 1 aliphatic heterocycles. The zero-order valence-electron chi connectivity index (χ0n) is 23.4. The molecule has 9 rings (SSSR count). The minimum atomic E-state index is 1.24. The molecule has 0 aliphatic carbocycles. The largest absolute Gasteiger partial charge is 0.0887 e. The number of rotatable bonds is 3. The van der Waals surface area contributed by atoms with Gasteiger partial charge in [0.2, 0.25) is 0 Å². The van der Waals surface area contributed by atoms with Crippen LogP contribution < -0.4 is 0 Å². The van der Waals surface area contributed by atoms with Crippen molar-refractivity contribution < 1.29 is 0 Å². The lowest BCUT2D eigenvalue weighted by molar-refractivity contribution is 1.40. The Morgan fingerprint density at radius 2 is 1.02 bits per heavy atom. The molecule has 8 aromatic carbocycles. The number of fused-ring (bicyclic) bond motifs is 5. The van der Waals surface area contributed by atoms with Crippen molar-refractivity contribution >= 4 is 44.1 Å². The summed E-state index contributed by atoms with van der Waals surface area (Å²) in [6, 6.07) is 57.9. The highest BCUT2D eigenvalue weighted by Crippen LogP contribution is 2.55. The molecule has 0 fully saturated rings. The van der Waals surface area contributed by atoms with Crippen molar-refractivity contribution in [1.29, 1.82) is 0 Å². The quantitative estimate of drug-likeness (QED) is 0.193. The fourth-order valence-electron chi connectivity index (χ4n) is 6.90. The van der Waals surface area contributed by atoms with Crippen molar-refractivity contribution in [2.75, 3.05) is 0 Å². The van der Waals surface area contributed by atoms with Crippen LogP contribution in [0.25, 0.3) is 76.8 Å². The van der Waals surface area contributed by atoms with Gasteiger partial charge in [-0.25, -0.2) is 0 Å². The van der Waals surface area contributed by atoms with Crippen LogP contribution in [0.5, 0.6) is 0 Å². The molecule has 0 unspecified atom stereocenters. The fourth-order valence-corrected chi connectivity index (χ4v) is 8.07. The molecule has 8 aromatic rings. The zero-order chi connectivity index (χ0) is 28.3. The Hall–Kier alpha value is -5.11. The topological polar surface area (TPSA) is 0 Å². The lowest BCUT2D eigenvalue weighted by Gasteiger charge is -2.26. The first-order valence-corrected chi connectivity index (χ1v) is 15.6. The Bertz CT molecular complexity index is 2350. The molecule has 1 heterocycles. The van der Waals surface area contributed by atoms with E-state index in [-0.39, 0.29) is 0 Å². The van der Waals surface area contributed by atoms with Gasteiger partial charge in [0.15, 0.2) is 0 Å². The molecule has 43 heavy (non-hydrogen) atoms. The average Bonchev–Trinajstić information content (AvgIpc) is 3.08. The molecule has 0 nitrogen and oxygen atoms in total. The van der Waals surface area contributed by atoms with Crippen LogP contribution in [0.3, 0.4) is 0 Å². The third-order valence-electron chi connectivity index (χ3n) is 8.85. The van der Waals surface area contributed by atoms with Crippen LogP contribution in [-0.4, -0.2) is 0 Å². The van der Waals surface area contributed by atoms with Crippen molar-refractivity contribution in [3.05, 3.63) is 158 Å². The molecular weight excluding hydrogens is 537 g/mol. The van der Waals surface area contributed by atoms with E-state index < -0.39 is 0 Å². The smallest absolute Gasteiger partial charge is 0.0207 e. The second kappa shape index (κ2) is 9.73. The lowest BCUT2D eigenvalue weighted by atomic mass is 9.83. The Morgan fingerprint density at radius 1 is 0.326 bits per heavy atom. The van der Waals surface area contributed by atoms with E-state index in [1.165, 1.54) is 86.6 Å². The van der Waals surface area contributed by atoms with E-state index in [2.05, 4.69) is 158 Å². The zero-order valence-corrected chi connectivity index (χ0v) is 24.2. The minimum Gasteiger partial charge on any atom is -0.0887 e. The predicted octanol–water partition coefficient (Wildman–Crippen LogP) is 12.3. The SMILES string of the molecule is c1ccc(-c2ccc3c(-c4ccccc4)c4c5c(cccc5c3c2)Sc2cc(-c3cccc5ccccc35)ccc2-4)cc1. The summed E-state index contributed by atoms with van der Waals surface area (Å²) in [7, 11) is 0. The maximum Gasteiger partial charge on any atom is 0.0207 e. The van der Waals surface area contributed by atoms with Crippen molar-refractivity contribution in [2.24, 2.45) is 0 Å². The highest BCUT2D eigenvalue weighted by Gasteiger charge is 2.26. The van der Waals surface area contributed by atoms with Crippen LogP contribution in [0, 0.1) is 0 Å². The summed E-state index contributed by atoms with van der Waals surface area (Å²) in [5.74, 6) is 0. The molecule has 0 bridgehead atoms. The molecule has 0 amide bonds. The normalized spacial score (nSPS) is 12.1. The first-order chi connectivity index (χ1) is 21.3. The second-order valence-corrected chi connectivity index (χ2v) is 12.3. The van der Waals surface area contributed by atoms with Crippen molar-refractivity contribution in [2.45, 2.75) is 9.79 Å². The molecule has 0 radical (unpaired) electrons. The highest BCUT2D eigenvalue weighted by molar-refractivity contribution is 7.99. The molecule has 0 saturated carbocycles. The van der Waals surface area contributed by atoms with E-state index in [1.54, 1.807) is 0 Å². The Balaban J connectivity index is 1.35. The standard InChI is InChI=1S/C42H26S/c1-3-11-27(12-4-1)30-21-23-35-37(25-30)34-19-10-20-38-41(34)42(40(35)29-14-5-2-6-15-29)36-24-22-31(26-39(36)43-38)33-18-9-16-28-13-7-8-17-32(28)33/h1-26H. The lowest BCUT2D eigenvalue weighted by Crippen LogP contribution is -1.98. The molecule has 1 heteroatoms. The van der Waals surface area contributed by atoms with Gasteiger partial charge < -0.3 is 0 Å². The highest BCUT2D eigenvalue weighted by atomic mass is 32.2. The van der Waals surface area contributed by atoms with Gasteiger partial charge >= 0.3 is 0 Å². The molecule has 1 aliphatic rings. The minimum absolute atomic E-state index is 1.24. The van der Waals surface area contributed by atoms with Gasteiger partial charge in [-0.15, -0.1) is 0 Å². The number of hydrogen-bond donors (Lipinski definition) is 0. The third-order valence-corrected chi connectivity index (χ3v) is 9.96. The number of hydrogen-bond acceptors (Lipinski definition) is 1. The predicted molar refractivity (Wildman–Crippen MR) is 185 cm³/mol. The van der Waals surface area contributed by atoms with Crippen LogP contribution in [-0.2, 0) is 0 Å². The van der Waals surface area contributed by atoms with Crippen LogP contribution >= 0.6 is 11.8 Å². The Morgan fingerprint density at radius 3 is 1.88 bits per heavy atom. The summed E-state index contributed by atoms with van der Waals surface area (Å²) in [6.45, 7) is 0. The Kier molecular flexibility index (Phi) is 5.54. The maximum absolute atomic E-state index is 2.40. The second-order valence-electron chi connectivity index (χ2n) is 11.3. The molecule has 0 atom stereocenters. The van der Waals surface area contributed by atoms with E-state index in [0.29, 0.717) is 0 Å². The van der Waals surface area contributed by atoms with Gasteiger partial charge in [0, 0.05) is 20.7 Å². The molecule has 0 N–H and O–H groups in total. The van der Waals surface area contributed by atoms with Gasteiger partial charge in [0.05, 0.1) is 0 Å². The summed E-state index contributed by atoms with van der Waals surface area (Å²) in [5, 5.41) is 7.83. The van der Waals surface area contributed by atoms with Gasteiger partial charge in [-0.1, -0.05) is 151 Å². The third kappa shape index (κ3) is 3.86. The van der Waals surface area contributed by atoms with Gasteiger partial charge in [-0.05, 0) is 84.1 Å². The van der Waals surface area contributed by atoms with E-state index in [9.17, 15) is 0 Å². The van der Waals surface area contributed by atoms with Crippen molar-refractivity contribution in [1.82, 2.24) is 0 Å². The molecule has 0 aromatic heterocycles. The Labute approximate surface area is 255 Å². The molecule has 200 valence electrons. The first kappa shape index (κ1) is 24.5. The van der Waals surface area contributed by atoms with Crippen LogP contribution in [0.1, 0.15) is 0 Å². The summed E-state index contributed by atoms with van der Waals surface area (Å²) in [5.41, 5.74) is 10.2. The maximum atomic E-state index is 2.40. The van der Waals surface area contributed by atoms with Gasteiger partial charge in [0.1, 0.15) is 0 Å². The summed E-state index contributed by atoms with van der Waals surface area (Å²) in [6.07, 6.45) is 0. The average molecular weight is 563 g/mol. The van der Waals surface area contributed by atoms with E-state index in [0.717, 1.165) is 0 Å². The van der Waals surface area contributed by atoms with E-state index in [4.69, 9.17) is 0 Å². The fraction of sp³-hybridized carbons (Fsp3) is 0. The van der Waals surface area contributed by atoms with Crippen molar-refractivity contribution in [3.63, 3.8) is 0 Å². The van der Waals surface area contributed by atoms with Crippen molar-refractivity contribution in [3.8, 4) is 44.5 Å². The molecule has 0 spiro atoms. The molecule has 0 saturated heterocycles. The first-order valence-electron chi connectivity index (χ1n) is 14.8. The van der Waals surface area contributed by atoms with Crippen LogP contribution in [0.4, 0.5) is 0 Å². The van der Waals surface area contributed by atoms with Crippen LogP contribution in [0.2, 0.25) is 0 Å². The number of benzene rings is 8. The molecular formula is C42H26S. The van der Waals surface area contributed by atoms with E-state index in [1.807, 2.05) is 11.8 Å². The summed E-state index contributed by atoms with van der Waals surface area (Å²) in [4.78, 5) is 2.63.